The Bertz CT molecular complexity index is 354. The van der Waals surface area contributed by atoms with Crippen molar-refractivity contribution in [2.45, 2.75) is 65.0 Å². The average molecular weight is 300 g/mol. The second kappa shape index (κ2) is 7.57. The third-order valence-electron chi connectivity index (χ3n) is 3.63. The lowest BCUT2D eigenvalue weighted by Crippen LogP contribution is -2.41. The van der Waals surface area contributed by atoms with E-state index in [9.17, 15) is 14.4 Å². The van der Waals surface area contributed by atoms with Gasteiger partial charge in [0.25, 0.3) is 11.9 Å². The smallest absolute Gasteiger partial charge is 0.461 e. The topological polar surface area (TPSA) is 69.7 Å². The average Bonchev–Trinajstić information content (AvgIpc) is 2.29. The van der Waals surface area contributed by atoms with Crippen LogP contribution in [0.15, 0.2) is 0 Å². The Morgan fingerprint density at radius 1 is 1.15 bits per heavy atom. The van der Waals surface area contributed by atoms with Gasteiger partial charge in [-0.25, -0.2) is 0 Å². The summed E-state index contributed by atoms with van der Waals surface area (Å²) in [5.41, 5.74) is 0. The van der Waals surface area contributed by atoms with Crippen molar-refractivity contribution in [2.75, 3.05) is 0 Å². The van der Waals surface area contributed by atoms with Gasteiger partial charge >= 0.3 is 8.56 Å². The van der Waals surface area contributed by atoms with E-state index in [-0.39, 0.29) is 0 Å². The Morgan fingerprint density at radius 3 is 2.10 bits per heavy atom. The van der Waals surface area contributed by atoms with E-state index in [0.717, 1.165) is 25.7 Å². The SMILES string of the molecule is CC(=O)O[Si](C)(CCCC1CCC(=O)CC1)OC(C)=O. The van der Waals surface area contributed by atoms with E-state index >= 15 is 0 Å². The number of ketones is 1. The molecule has 0 bridgehead atoms. The van der Waals surface area contributed by atoms with Crippen molar-refractivity contribution in [1.29, 1.82) is 0 Å². The molecule has 5 nitrogen and oxygen atoms in total. The molecular weight excluding hydrogens is 276 g/mol. The van der Waals surface area contributed by atoms with Crippen molar-refractivity contribution in [3.05, 3.63) is 0 Å². The molecule has 0 atom stereocenters. The predicted molar refractivity (Wildman–Crippen MR) is 76.2 cm³/mol. The molecule has 0 saturated heterocycles. The maximum atomic E-state index is 11.2. The molecule has 0 aromatic heterocycles. The zero-order valence-electron chi connectivity index (χ0n) is 12.6. The maximum absolute atomic E-state index is 11.2. The Balaban J connectivity index is 2.39. The van der Waals surface area contributed by atoms with Crippen molar-refractivity contribution >= 4 is 26.3 Å². The van der Waals surface area contributed by atoms with Gasteiger partial charge in [-0.15, -0.1) is 0 Å². The molecule has 1 fully saturated rings. The van der Waals surface area contributed by atoms with Crippen LogP contribution in [0.2, 0.25) is 12.6 Å². The zero-order valence-corrected chi connectivity index (χ0v) is 13.6. The number of hydrogen-bond donors (Lipinski definition) is 0. The van der Waals surface area contributed by atoms with Crippen LogP contribution in [0.25, 0.3) is 0 Å². The number of carbonyl (C=O) groups excluding carboxylic acids is 3. The van der Waals surface area contributed by atoms with Crippen LogP contribution < -0.4 is 0 Å². The zero-order chi connectivity index (χ0) is 15.2. The third kappa shape index (κ3) is 6.32. The van der Waals surface area contributed by atoms with Crippen LogP contribution in [0, 0.1) is 5.92 Å². The minimum Gasteiger partial charge on any atom is -0.485 e. The Labute approximate surface area is 121 Å². The van der Waals surface area contributed by atoms with Gasteiger partial charge in [-0.3, -0.25) is 14.4 Å². The summed E-state index contributed by atoms with van der Waals surface area (Å²) in [5, 5.41) is 0. The lowest BCUT2D eigenvalue weighted by atomic mass is 9.86. The van der Waals surface area contributed by atoms with Gasteiger partial charge in [0.1, 0.15) is 5.78 Å². The Hall–Kier alpha value is -1.17. The summed E-state index contributed by atoms with van der Waals surface area (Å²) < 4.78 is 10.5. The fraction of sp³-hybridized carbons (Fsp3) is 0.786. The van der Waals surface area contributed by atoms with Gasteiger partial charge in [0.05, 0.1) is 0 Å². The highest BCUT2D eigenvalue weighted by molar-refractivity contribution is 6.69. The van der Waals surface area contributed by atoms with Gasteiger partial charge in [-0.05, 0) is 25.2 Å². The second-order valence-corrected chi connectivity index (χ2v) is 8.87. The molecule has 0 aromatic carbocycles. The highest BCUT2D eigenvalue weighted by atomic mass is 28.4. The molecule has 0 aliphatic heterocycles. The summed E-state index contributed by atoms with van der Waals surface area (Å²) in [6.45, 7) is 4.42. The molecule has 114 valence electrons. The third-order valence-corrected chi connectivity index (χ3v) is 6.33. The summed E-state index contributed by atoms with van der Waals surface area (Å²) >= 11 is 0. The molecule has 0 amide bonds. The van der Waals surface area contributed by atoms with Crippen LogP contribution in [0.4, 0.5) is 0 Å². The molecule has 1 aliphatic rings. The van der Waals surface area contributed by atoms with Crippen molar-refractivity contribution in [1.82, 2.24) is 0 Å². The molecule has 20 heavy (non-hydrogen) atoms. The molecule has 0 unspecified atom stereocenters. The Morgan fingerprint density at radius 2 is 1.65 bits per heavy atom. The molecule has 1 saturated carbocycles. The van der Waals surface area contributed by atoms with Crippen molar-refractivity contribution in [2.24, 2.45) is 5.92 Å². The van der Waals surface area contributed by atoms with Gasteiger partial charge in [0.15, 0.2) is 0 Å². The number of hydrogen-bond acceptors (Lipinski definition) is 5. The van der Waals surface area contributed by atoms with E-state index in [2.05, 4.69) is 0 Å². The largest absolute Gasteiger partial charge is 0.485 e. The molecule has 0 N–H and O–H groups in total. The number of Topliss-reactive ketones (excluding diaryl/α,β-unsaturated/α-hetero) is 1. The Kier molecular flexibility index (Phi) is 6.39. The van der Waals surface area contributed by atoms with Crippen LogP contribution in [0.3, 0.4) is 0 Å². The summed E-state index contributed by atoms with van der Waals surface area (Å²) in [7, 11) is -2.74. The van der Waals surface area contributed by atoms with Gasteiger partial charge < -0.3 is 8.85 Å². The van der Waals surface area contributed by atoms with Crippen molar-refractivity contribution < 1.29 is 23.2 Å². The standard InChI is InChI=1S/C14H24O5Si/c1-11(15)18-20(3,19-12(2)16)10-4-5-13-6-8-14(17)9-7-13/h13H,4-10H2,1-3H3. The van der Waals surface area contributed by atoms with Crippen molar-refractivity contribution in [3.8, 4) is 0 Å². The first kappa shape index (κ1) is 16.9. The maximum Gasteiger partial charge on any atom is 0.461 e. The lowest BCUT2D eigenvalue weighted by Gasteiger charge is -2.26. The van der Waals surface area contributed by atoms with E-state index in [0.29, 0.717) is 30.6 Å². The first-order chi connectivity index (χ1) is 9.31. The van der Waals surface area contributed by atoms with Gasteiger partial charge in [-0.2, -0.15) is 0 Å². The number of rotatable bonds is 6. The van der Waals surface area contributed by atoms with Crippen molar-refractivity contribution in [3.63, 3.8) is 0 Å². The quantitative estimate of drug-likeness (QED) is 0.705. The van der Waals surface area contributed by atoms with Gasteiger partial charge in [0, 0.05) is 39.3 Å². The summed E-state index contributed by atoms with van der Waals surface area (Å²) in [6.07, 6.45) is 5.15. The molecule has 0 spiro atoms. The van der Waals surface area contributed by atoms with Crippen LogP contribution in [0.1, 0.15) is 52.4 Å². The van der Waals surface area contributed by atoms with Crippen LogP contribution in [-0.2, 0) is 23.2 Å². The first-order valence-corrected chi connectivity index (χ1v) is 9.74. The molecule has 6 heteroatoms. The second-order valence-electron chi connectivity index (χ2n) is 5.70. The fourth-order valence-electron chi connectivity index (χ4n) is 2.73. The first-order valence-electron chi connectivity index (χ1n) is 7.21. The van der Waals surface area contributed by atoms with Crippen LogP contribution in [0.5, 0.6) is 0 Å². The number of carbonyl (C=O) groups is 3. The van der Waals surface area contributed by atoms with E-state index in [1.807, 2.05) is 0 Å². The molecule has 1 rings (SSSR count). The van der Waals surface area contributed by atoms with Gasteiger partial charge in [0.2, 0.25) is 0 Å². The highest BCUT2D eigenvalue weighted by Gasteiger charge is 2.37. The molecular formula is C14H24O5Si. The van der Waals surface area contributed by atoms with E-state index in [1.165, 1.54) is 13.8 Å². The molecule has 0 aromatic rings. The fourth-order valence-corrected chi connectivity index (χ4v) is 5.04. The van der Waals surface area contributed by atoms with E-state index in [1.54, 1.807) is 6.55 Å². The lowest BCUT2D eigenvalue weighted by molar-refractivity contribution is -0.138. The van der Waals surface area contributed by atoms with E-state index < -0.39 is 20.5 Å². The van der Waals surface area contributed by atoms with E-state index in [4.69, 9.17) is 8.85 Å². The summed E-state index contributed by atoms with van der Waals surface area (Å²) in [5.74, 6) is 0.133. The predicted octanol–water partition coefficient (Wildman–Crippen LogP) is 2.72. The monoisotopic (exact) mass is 300 g/mol. The summed E-state index contributed by atoms with van der Waals surface area (Å²) in [4.78, 5) is 33.4. The minimum absolute atomic E-state index is 0.361. The molecule has 0 radical (unpaired) electrons. The highest BCUT2D eigenvalue weighted by Crippen LogP contribution is 2.28. The normalized spacial score (nSPS) is 16.9. The van der Waals surface area contributed by atoms with Crippen LogP contribution in [-0.4, -0.2) is 26.3 Å². The molecule has 1 aliphatic carbocycles. The minimum atomic E-state index is -2.74. The van der Waals surface area contributed by atoms with Crippen LogP contribution >= 0.6 is 0 Å². The van der Waals surface area contributed by atoms with Gasteiger partial charge in [-0.1, -0.05) is 6.42 Å². The molecule has 0 heterocycles. The summed E-state index contributed by atoms with van der Waals surface area (Å²) in [6, 6.07) is 0.622.